The predicted molar refractivity (Wildman–Crippen MR) is 59.8 cm³/mol. The number of alkyl halides is 3. The van der Waals surface area contributed by atoms with Gasteiger partial charge in [-0.2, -0.15) is 13.2 Å². The molecule has 0 fully saturated rings. The first-order chi connectivity index (χ1) is 7.30. The Morgan fingerprint density at radius 3 is 2.56 bits per heavy atom. The van der Waals surface area contributed by atoms with Gasteiger partial charge in [0, 0.05) is 17.3 Å². The zero-order valence-electron chi connectivity index (χ0n) is 8.66. The van der Waals surface area contributed by atoms with Crippen molar-refractivity contribution in [2.24, 2.45) is 0 Å². The molecular weight excluding hydrogens is 239 g/mol. The van der Waals surface area contributed by atoms with Crippen molar-refractivity contribution < 1.29 is 13.2 Å². The molecule has 16 heavy (non-hydrogen) atoms. The number of anilines is 1. The summed E-state index contributed by atoms with van der Waals surface area (Å²) in [6.07, 6.45) is -4.41. The molecule has 0 aliphatic heterocycles. The minimum absolute atomic E-state index is 0.0138. The van der Waals surface area contributed by atoms with Gasteiger partial charge in [0.25, 0.3) is 0 Å². The molecule has 0 unspecified atom stereocenters. The minimum atomic E-state index is -4.41. The van der Waals surface area contributed by atoms with Crippen LogP contribution in [0.3, 0.4) is 0 Å². The van der Waals surface area contributed by atoms with E-state index in [9.17, 15) is 13.2 Å². The molecule has 0 aliphatic rings. The van der Waals surface area contributed by atoms with Gasteiger partial charge >= 0.3 is 6.18 Å². The number of hydrogen-bond acceptors (Lipinski definition) is 1. The molecule has 1 nitrogen and oxygen atoms in total. The van der Waals surface area contributed by atoms with E-state index in [4.69, 9.17) is 11.6 Å². The lowest BCUT2D eigenvalue weighted by atomic mass is 10.1. The minimum Gasteiger partial charge on any atom is -0.381 e. The summed E-state index contributed by atoms with van der Waals surface area (Å²) in [4.78, 5) is 0. The summed E-state index contributed by atoms with van der Waals surface area (Å²) in [5, 5.41) is 2.73. The van der Waals surface area contributed by atoms with Gasteiger partial charge < -0.3 is 5.32 Å². The van der Waals surface area contributed by atoms with Crippen LogP contribution in [0.2, 0.25) is 5.02 Å². The highest BCUT2D eigenvalue weighted by molar-refractivity contribution is 6.30. The zero-order valence-corrected chi connectivity index (χ0v) is 9.41. The van der Waals surface area contributed by atoms with Crippen LogP contribution in [0.15, 0.2) is 30.4 Å². The third-order valence-electron chi connectivity index (χ3n) is 1.87. The van der Waals surface area contributed by atoms with E-state index < -0.39 is 11.7 Å². The molecule has 0 spiro atoms. The Bertz CT molecular complexity index is 399. The normalized spacial score (nSPS) is 11.3. The van der Waals surface area contributed by atoms with Crippen LogP contribution < -0.4 is 5.32 Å². The molecule has 0 amide bonds. The van der Waals surface area contributed by atoms with Crippen LogP contribution in [0.25, 0.3) is 0 Å². The van der Waals surface area contributed by atoms with Crippen LogP contribution in [0, 0.1) is 0 Å². The van der Waals surface area contributed by atoms with Crippen LogP contribution in [-0.4, -0.2) is 6.54 Å². The number of hydrogen-bond donors (Lipinski definition) is 1. The summed E-state index contributed by atoms with van der Waals surface area (Å²) in [7, 11) is 0. The van der Waals surface area contributed by atoms with Gasteiger partial charge in [0.05, 0.1) is 5.56 Å². The fourth-order valence-corrected chi connectivity index (χ4v) is 1.32. The molecule has 0 aliphatic carbocycles. The lowest BCUT2D eigenvalue weighted by Crippen LogP contribution is -2.11. The zero-order chi connectivity index (χ0) is 12.3. The van der Waals surface area contributed by atoms with Gasteiger partial charge in [0.15, 0.2) is 0 Å². The largest absolute Gasteiger partial charge is 0.418 e. The summed E-state index contributed by atoms with van der Waals surface area (Å²) in [6, 6.07) is 3.63. The first kappa shape index (κ1) is 12.9. The quantitative estimate of drug-likeness (QED) is 0.786. The molecule has 0 heterocycles. The molecule has 0 bridgehead atoms. The number of benzene rings is 1. The SMILES string of the molecule is C=C(C)CNc1ccc(Cl)cc1C(F)(F)F. The Labute approximate surface area is 96.9 Å². The molecule has 0 aromatic heterocycles. The van der Waals surface area contributed by atoms with Crippen molar-refractivity contribution >= 4 is 17.3 Å². The van der Waals surface area contributed by atoms with Gasteiger partial charge in [-0.05, 0) is 25.1 Å². The standard InChI is InChI=1S/C11H11ClF3N/c1-7(2)6-16-10-4-3-8(12)5-9(10)11(13,14)15/h3-5,16H,1,6H2,2H3. The smallest absolute Gasteiger partial charge is 0.381 e. The van der Waals surface area contributed by atoms with E-state index in [-0.39, 0.29) is 10.7 Å². The van der Waals surface area contributed by atoms with Crippen molar-refractivity contribution in [3.8, 4) is 0 Å². The average Bonchev–Trinajstić information content (AvgIpc) is 2.14. The van der Waals surface area contributed by atoms with E-state index in [1.165, 1.54) is 12.1 Å². The van der Waals surface area contributed by atoms with Crippen molar-refractivity contribution in [3.05, 3.63) is 40.9 Å². The van der Waals surface area contributed by atoms with Crippen molar-refractivity contribution in [3.63, 3.8) is 0 Å². The van der Waals surface area contributed by atoms with E-state index in [1.54, 1.807) is 6.92 Å². The van der Waals surface area contributed by atoms with Gasteiger partial charge in [0.2, 0.25) is 0 Å². The topological polar surface area (TPSA) is 12.0 Å². The summed E-state index contributed by atoms with van der Waals surface area (Å²) in [5.41, 5.74) is 0.00391. The van der Waals surface area contributed by atoms with Crippen molar-refractivity contribution in [1.82, 2.24) is 0 Å². The molecular formula is C11H11ClF3N. The van der Waals surface area contributed by atoms with E-state index in [1.807, 2.05) is 0 Å². The Balaban J connectivity index is 3.03. The van der Waals surface area contributed by atoms with Gasteiger partial charge in [-0.25, -0.2) is 0 Å². The molecule has 1 aromatic rings. The number of rotatable bonds is 3. The summed E-state index contributed by atoms with van der Waals surface area (Å²) >= 11 is 5.54. The average molecular weight is 250 g/mol. The van der Waals surface area contributed by atoms with Crippen molar-refractivity contribution in [2.45, 2.75) is 13.1 Å². The second-order valence-electron chi connectivity index (χ2n) is 3.50. The second kappa shape index (κ2) is 4.78. The lowest BCUT2D eigenvalue weighted by Gasteiger charge is -2.14. The maximum absolute atomic E-state index is 12.6. The van der Waals surface area contributed by atoms with Crippen molar-refractivity contribution in [1.29, 1.82) is 0 Å². The molecule has 5 heteroatoms. The van der Waals surface area contributed by atoms with E-state index in [0.29, 0.717) is 6.54 Å². The first-order valence-corrected chi connectivity index (χ1v) is 4.93. The molecule has 0 saturated heterocycles. The van der Waals surface area contributed by atoms with Gasteiger partial charge in [0.1, 0.15) is 0 Å². The second-order valence-corrected chi connectivity index (χ2v) is 3.93. The highest BCUT2D eigenvalue weighted by Gasteiger charge is 2.33. The molecule has 0 atom stereocenters. The monoisotopic (exact) mass is 249 g/mol. The maximum Gasteiger partial charge on any atom is 0.418 e. The molecule has 1 rings (SSSR count). The van der Waals surface area contributed by atoms with Gasteiger partial charge in [-0.1, -0.05) is 23.8 Å². The highest BCUT2D eigenvalue weighted by atomic mass is 35.5. The Morgan fingerprint density at radius 2 is 2.06 bits per heavy atom. The Hall–Kier alpha value is -1.16. The molecule has 88 valence electrons. The lowest BCUT2D eigenvalue weighted by molar-refractivity contribution is -0.136. The maximum atomic E-state index is 12.6. The number of nitrogens with one attached hydrogen (secondary N) is 1. The summed E-state index contributed by atoms with van der Waals surface area (Å²) in [5.74, 6) is 0. The van der Waals surface area contributed by atoms with Crippen LogP contribution in [0.1, 0.15) is 12.5 Å². The number of halogens is 4. The van der Waals surface area contributed by atoms with Crippen molar-refractivity contribution in [2.75, 3.05) is 11.9 Å². The fourth-order valence-electron chi connectivity index (χ4n) is 1.15. The predicted octanol–water partition coefficient (Wildman–Crippen LogP) is 4.35. The Morgan fingerprint density at radius 1 is 1.44 bits per heavy atom. The third kappa shape index (κ3) is 3.45. The molecule has 0 saturated carbocycles. The van der Waals surface area contributed by atoms with Crippen LogP contribution in [0.4, 0.5) is 18.9 Å². The fraction of sp³-hybridized carbons (Fsp3) is 0.273. The summed E-state index contributed by atoms with van der Waals surface area (Å²) in [6.45, 7) is 5.64. The van der Waals surface area contributed by atoms with Crippen LogP contribution in [-0.2, 0) is 6.18 Å². The van der Waals surface area contributed by atoms with E-state index in [2.05, 4.69) is 11.9 Å². The van der Waals surface area contributed by atoms with Gasteiger partial charge in [-0.15, -0.1) is 0 Å². The summed E-state index contributed by atoms with van der Waals surface area (Å²) < 4.78 is 37.9. The highest BCUT2D eigenvalue weighted by Crippen LogP contribution is 2.36. The van der Waals surface area contributed by atoms with E-state index >= 15 is 0 Å². The van der Waals surface area contributed by atoms with Crippen LogP contribution >= 0.6 is 11.6 Å². The van der Waals surface area contributed by atoms with E-state index in [0.717, 1.165) is 11.6 Å². The molecule has 0 radical (unpaired) electrons. The first-order valence-electron chi connectivity index (χ1n) is 4.55. The van der Waals surface area contributed by atoms with Crippen LogP contribution in [0.5, 0.6) is 0 Å². The third-order valence-corrected chi connectivity index (χ3v) is 2.10. The van der Waals surface area contributed by atoms with Gasteiger partial charge in [-0.3, -0.25) is 0 Å². The molecule has 1 aromatic carbocycles. The molecule has 1 N–H and O–H groups in total. The Kier molecular flexibility index (Phi) is 3.86.